The van der Waals surface area contributed by atoms with Crippen LogP contribution >= 0.6 is 0 Å². The van der Waals surface area contributed by atoms with Crippen LogP contribution in [0.4, 0.5) is 17.6 Å². The van der Waals surface area contributed by atoms with Crippen LogP contribution in [0.15, 0.2) is 24.3 Å². The van der Waals surface area contributed by atoms with Gasteiger partial charge in [0.1, 0.15) is 24.6 Å². The number of amides is 2. The maximum atomic E-state index is 13.0. The Bertz CT molecular complexity index is 647. The Morgan fingerprint density at radius 2 is 1.85 bits per heavy atom. The normalized spacial score (nSPS) is 15.5. The first-order valence-corrected chi connectivity index (χ1v) is 8.45. The van der Waals surface area contributed by atoms with Crippen molar-refractivity contribution in [2.24, 2.45) is 0 Å². The molecule has 1 N–H and O–H groups in total. The van der Waals surface area contributed by atoms with Gasteiger partial charge in [-0.3, -0.25) is 14.5 Å². The summed E-state index contributed by atoms with van der Waals surface area (Å²) in [5, 5.41) is 2.65. The lowest BCUT2D eigenvalue weighted by Crippen LogP contribution is -2.51. The first-order chi connectivity index (χ1) is 12.7. The fourth-order valence-corrected chi connectivity index (χ4v) is 2.61. The summed E-state index contributed by atoms with van der Waals surface area (Å²) in [5.74, 6) is -1.25. The molecule has 2 rings (SSSR count). The molecule has 6 nitrogen and oxygen atoms in total. The van der Waals surface area contributed by atoms with E-state index in [0.29, 0.717) is 18.8 Å². The fourth-order valence-electron chi connectivity index (χ4n) is 2.61. The zero-order valence-corrected chi connectivity index (χ0v) is 14.6. The number of benzene rings is 1. The first-order valence-electron chi connectivity index (χ1n) is 8.45. The van der Waals surface area contributed by atoms with Crippen LogP contribution in [0.25, 0.3) is 0 Å². The van der Waals surface area contributed by atoms with Crippen molar-refractivity contribution < 1.29 is 31.9 Å². The number of alkyl halides is 3. The van der Waals surface area contributed by atoms with Gasteiger partial charge in [-0.25, -0.2) is 4.39 Å². The summed E-state index contributed by atoms with van der Waals surface area (Å²) >= 11 is 0. The molecule has 0 aliphatic carbocycles. The Morgan fingerprint density at radius 3 is 2.48 bits per heavy atom. The van der Waals surface area contributed by atoms with Crippen LogP contribution in [0.3, 0.4) is 0 Å². The van der Waals surface area contributed by atoms with Crippen LogP contribution in [0.2, 0.25) is 0 Å². The molecule has 0 saturated carbocycles. The summed E-state index contributed by atoms with van der Waals surface area (Å²) in [7, 11) is 0. The van der Waals surface area contributed by atoms with Crippen LogP contribution in [0.1, 0.15) is 6.42 Å². The third-order valence-electron chi connectivity index (χ3n) is 3.93. The van der Waals surface area contributed by atoms with E-state index in [9.17, 15) is 27.2 Å². The fraction of sp³-hybridized carbons (Fsp3) is 0.529. The number of rotatable bonds is 7. The second-order valence-corrected chi connectivity index (χ2v) is 6.10. The van der Waals surface area contributed by atoms with Gasteiger partial charge in [0.25, 0.3) is 0 Å². The van der Waals surface area contributed by atoms with Gasteiger partial charge in [0.15, 0.2) is 0 Å². The predicted molar refractivity (Wildman–Crippen MR) is 88.6 cm³/mol. The van der Waals surface area contributed by atoms with E-state index in [1.807, 2.05) is 0 Å². The van der Waals surface area contributed by atoms with E-state index in [2.05, 4.69) is 5.32 Å². The molecule has 1 fully saturated rings. The summed E-state index contributed by atoms with van der Waals surface area (Å²) in [6.45, 7) is 1.47. The molecule has 0 spiro atoms. The molecular formula is C17H21F4N3O3. The second-order valence-electron chi connectivity index (χ2n) is 6.10. The van der Waals surface area contributed by atoms with Crippen LogP contribution in [0.5, 0.6) is 5.75 Å². The minimum absolute atomic E-state index is 0.0846. The lowest BCUT2D eigenvalue weighted by Gasteiger charge is -2.34. The van der Waals surface area contributed by atoms with Gasteiger partial charge in [-0.15, -0.1) is 0 Å². The smallest absolute Gasteiger partial charge is 0.397 e. The molecule has 2 amide bonds. The molecule has 1 saturated heterocycles. The summed E-state index contributed by atoms with van der Waals surface area (Å²) < 4.78 is 55.0. The summed E-state index contributed by atoms with van der Waals surface area (Å²) in [6, 6.07) is 5.65. The molecule has 0 radical (unpaired) electrons. The molecular weight excluding hydrogens is 370 g/mol. The number of ether oxygens (including phenoxy) is 1. The molecule has 27 heavy (non-hydrogen) atoms. The van der Waals surface area contributed by atoms with Crippen molar-refractivity contribution in [1.29, 1.82) is 0 Å². The van der Waals surface area contributed by atoms with Crippen molar-refractivity contribution in [2.45, 2.75) is 12.6 Å². The Hall–Kier alpha value is -2.36. The van der Waals surface area contributed by atoms with Crippen molar-refractivity contribution >= 4 is 11.8 Å². The zero-order chi connectivity index (χ0) is 19.9. The maximum Gasteiger partial charge on any atom is 0.397 e. The largest absolute Gasteiger partial charge is 0.492 e. The van der Waals surface area contributed by atoms with Gasteiger partial charge in [-0.05, 0) is 12.1 Å². The molecule has 0 bridgehead atoms. The van der Waals surface area contributed by atoms with E-state index in [1.54, 1.807) is 11.0 Å². The molecule has 10 heteroatoms. The topological polar surface area (TPSA) is 61.9 Å². The number of carbonyl (C=O) groups excluding carboxylic acids is 2. The second kappa shape index (κ2) is 9.54. The standard InChI is InChI=1S/C17H21F4N3O3/c18-13-2-1-3-14(10-13)27-9-4-22-15(25)12-23-5-7-24(8-6-23)16(26)11-17(19,20)21/h1-3,10H,4-9,11-12H2,(H,22,25). The summed E-state index contributed by atoms with van der Waals surface area (Å²) in [6.07, 6.45) is -5.97. The van der Waals surface area contributed by atoms with Crippen LogP contribution in [-0.4, -0.2) is 73.7 Å². The van der Waals surface area contributed by atoms with E-state index < -0.39 is 24.3 Å². The number of hydrogen-bond donors (Lipinski definition) is 1. The van der Waals surface area contributed by atoms with E-state index >= 15 is 0 Å². The highest BCUT2D eigenvalue weighted by atomic mass is 19.4. The van der Waals surface area contributed by atoms with Crippen LogP contribution in [-0.2, 0) is 9.59 Å². The molecule has 1 aliphatic heterocycles. The first kappa shape index (κ1) is 20.9. The van der Waals surface area contributed by atoms with Crippen molar-refractivity contribution in [1.82, 2.24) is 15.1 Å². The zero-order valence-electron chi connectivity index (χ0n) is 14.6. The Kier molecular flexibility index (Phi) is 7.40. The number of piperazine rings is 1. The van der Waals surface area contributed by atoms with Crippen LogP contribution in [0, 0.1) is 5.82 Å². The van der Waals surface area contributed by atoms with Gasteiger partial charge in [-0.1, -0.05) is 6.07 Å². The Morgan fingerprint density at radius 1 is 1.15 bits per heavy atom. The van der Waals surface area contributed by atoms with E-state index in [0.717, 1.165) is 4.90 Å². The molecule has 0 aromatic heterocycles. The molecule has 1 aromatic rings. The van der Waals surface area contributed by atoms with Crippen molar-refractivity contribution in [2.75, 3.05) is 45.9 Å². The van der Waals surface area contributed by atoms with E-state index in [-0.39, 0.29) is 38.7 Å². The molecule has 150 valence electrons. The quantitative estimate of drug-likeness (QED) is 0.564. The van der Waals surface area contributed by atoms with Gasteiger partial charge < -0.3 is 15.0 Å². The molecule has 0 atom stereocenters. The Labute approximate surface area is 154 Å². The molecule has 0 unspecified atom stereocenters. The third-order valence-corrected chi connectivity index (χ3v) is 3.93. The molecule has 1 aliphatic rings. The van der Waals surface area contributed by atoms with Crippen molar-refractivity contribution in [3.8, 4) is 5.75 Å². The number of hydrogen-bond acceptors (Lipinski definition) is 4. The minimum Gasteiger partial charge on any atom is -0.492 e. The lowest BCUT2D eigenvalue weighted by molar-refractivity contribution is -0.162. The molecule has 1 aromatic carbocycles. The number of nitrogens with zero attached hydrogens (tertiary/aromatic N) is 2. The van der Waals surface area contributed by atoms with Crippen molar-refractivity contribution in [3.63, 3.8) is 0 Å². The van der Waals surface area contributed by atoms with Crippen molar-refractivity contribution in [3.05, 3.63) is 30.1 Å². The number of nitrogens with one attached hydrogen (secondary N) is 1. The maximum absolute atomic E-state index is 13.0. The van der Waals surface area contributed by atoms with Gasteiger partial charge >= 0.3 is 6.18 Å². The predicted octanol–water partition coefficient (Wildman–Crippen LogP) is 1.42. The van der Waals surface area contributed by atoms with E-state index in [4.69, 9.17) is 4.74 Å². The lowest BCUT2D eigenvalue weighted by atomic mass is 10.2. The monoisotopic (exact) mass is 391 g/mol. The van der Waals surface area contributed by atoms with Gasteiger partial charge in [0.05, 0.1) is 13.1 Å². The number of carbonyl (C=O) groups is 2. The Balaban J connectivity index is 1.61. The summed E-state index contributed by atoms with van der Waals surface area (Å²) in [5.41, 5.74) is 0. The number of halogens is 4. The highest BCUT2D eigenvalue weighted by Crippen LogP contribution is 2.21. The van der Waals surface area contributed by atoms with Gasteiger partial charge in [-0.2, -0.15) is 13.2 Å². The third kappa shape index (κ3) is 7.81. The highest BCUT2D eigenvalue weighted by Gasteiger charge is 2.34. The molecule has 1 heterocycles. The van der Waals surface area contributed by atoms with E-state index in [1.165, 1.54) is 18.2 Å². The van der Waals surface area contributed by atoms with Gasteiger partial charge in [0.2, 0.25) is 11.8 Å². The summed E-state index contributed by atoms with van der Waals surface area (Å²) in [4.78, 5) is 26.3. The van der Waals surface area contributed by atoms with Gasteiger partial charge in [0, 0.05) is 32.2 Å². The minimum atomic E-state index is -4.51. The average molecular weight is 391 g/mol. The highest BCUT2D eigenvalue weighted by molar-refractivity contribution is 5.78. The van der Waals surface area contributed by atoms with Crippen LogP contribution < -0.4 is 10.1 Å². The average Bonchev–Trinajstić information content (AvgIpc) is 2.58. The SMILES string of the molecule is O=C(CN1CCN(C(=O)CC(F)(F)F)CC1)NCCOc1cccc(F)c1.